The van der Waals surface area contributed by atoms with E-state index in [2.05, 4.69) is 5.32 Å². The topological polar surface area (TPSA) is 139 Å². The van der Waals surface area contributed by atoms with Crippen LogP contribution >= 0.6 is 0 Å². The Bertz CT molecular complexity index is 1320. The van der Waals surface area contributed by atoms with E-state index in [9.17, 15) is 33.7 Å². The van der Waals surface area contributed by atoms with Gasteiger partial charge in [0, 0.05) is 42.1 Å². The number of nitrogens with one attached hydrogen (secondary N) is 1. The second-order valence-corrected chi connectivity index (χ2v) is 11.2. The Morgan fingerprint density at radius 3 is 2.76 bits per heavy atom. The molecular formula is C28H35BF2N4O6. The number of hydrogen-bond donors (Lipinski definition) is 3. The Morgan fingerprint density at radius 1 is 1.32 bits per heavy atom. The lowest BCUT2D eigenvalue weighted by Gasteiger charge is -2.36. The molecular weight excluding hydrogens is 537 g/mol. The Balaban J connectivity index is 1.42. The first-order valence-corrected chi connectivity index (χ1v) is 13.7. The van der Waals surface area contributed by atoms with Gasteiger partial charge in [0.25, 0.3) is 11.8 Å². The van der Waals surface area contributed by atoms with Gasteiger partial charge in [0.15, 0.2) is 0 Å². The lowest BCUT2D eigenvalue weighted by Crippen LogP contribution is -2.48. The predicted octanol–water partition coefficient (Wildman–Crippen LogP) is 3.62. The molecule has 0 radical (unpaired) electrons. The Labute approximate surface area is 237 Å². The fourth-order valence-corrected chi connectivity index (χ4v) is 5.49. The molecule has 0 bridgehead atoms. The normalized spacial score (nSPS) is 20.5. The van der Waals surface area contributed by atoms with E-state index in [1.54, 1.807) is 30.9 Å². The Kier molecular flexibility index (Phi) is 9.36. The molecule has 0 aliphatic carbocycles. The molecule has 2 saturated heterocycles. The van der Waals surface area contributed by atoms with Crippen LogP contribution in [-0.2, 0) is 9.53 Å². The van der Waals surface area contributed by atoms with Crippen LogP contribution in [0.1, 0.15) is 51.3 Å². The van der Waals surface area contributed by atoms with Gasteiger partial charge in [-0.2, -0.15) is 5.26 Å². The number of alkyl halides is 2. The van der Waals surface area contributed by atoms with Crippen molar-refractivity contribution in [2.24, 2.45) is 0 Å². The Morgan fingerprint density at radius 2 is 2.07 bits per heavy atom. The standard InChI is InChI=1S/C28H35BF2N4O6/c1-27(2,34-12-10-28(30,31)18-34)13-20(15-32)25(36)35-11-6-5-8-21(35)17-41-26(37)33-23(14-29(38)39)24-22-9-4-3-7-19(22)16-40-24/h3-4,7,9,13,16,21,23,38-39H,5-6,8,10-12,14,17-18H2,1-2H3,(H,33,37)/t21-,23?/m1/s1. The number of halogens is 2. The first kappa shape index (κ1) is 30.5. The molecule has 1 unspecified atom stereocenters. The van der Waals surface area contributed by atoms with Gasteiger partial charge in [-0.15, -0.1) is 0 Å². The average Bonchev–Trinajstić information content (AvgIpc) is 3.53. The number of ether oxygens (including phenoxy) is 1. The van der Waals surface area contributed by atoms with E-state index in [0.717, 1.165) is 11.8 Å². The van der Waals surface area contributed by atoms with Crippen LogP contribution in [0.15, 0.2) is 46.6 Å². The highest BCUT2D eigenvalue weighted by atomic mass is 19.3. The van der Waals surface area contributed by atoms with Crippen molar-refractivity contribution in [1.29, 1.82) is 5.26 Å². The zero-order valence-electron chi connectivity index (χ0n) is 23.2. The molecule has 2 aliphatic rings. The summed E-state index contributed by atoms with van der Waals surface area (Å²) in [6.45, 7) is 3.31. The van der Waals surface area contributed by atoms with Crippen LogP contribution in [-0.4, -0.2) is 82.7 Å². The molecule has 0 spiro atoms. The van der Waals surface area contributed by atoms with Gasteiger partial charge in [-0.05, 0) is 39.2 Å². The maximum atomic E-state index is 13.8. The van der Waals surface area contributed by atoms with Gasteiger partial charge in [0.2, 0.25) is 0 Å². The van der Waals surface area contributed by atoms with Crippen molar-refractivity contribution in [1.82, 2.24) is 15.1 Å². The number of furan rings is 1. The predicted molar refractivity (Wildman–Crippen MR) is 147 cm³/mol. The van der Waals surface area contributed by atoms with Gasteiger partial charge in [-0.3, -0.25) is 9.69 Å². The van der Waals surface area contributed by atoms with Gasteiger partial charge in [-0.25, -0.2) is 13.6 Å². The van der Waals surface area contributed by atoms with Crippen LogP contribution < -0.4 is 5.32 Å². The van der Waals surface area contributed by atoms with Crippen LogP contribution in [0.5, 0.6) is 0 Å². The zero-order valence-corrected chi connectivity index (χ0v) is 23.2. The highest BCUT2D eigenvalue weighted by molar-refractivity contribution is 6.41. The van der Waals surface area contributed by atoms with Crippen molar-refractivity contribution < 1.29 is 37.6 Å². The fraction of sp³-hybridized carbons (Fsp3) is 0.536. The Hall–Kier alpha value is -3.47. The number of amides is 2. The summed E-state index contributed by atoms with van der Waals surface area (Å²) in [5.74, 6) is -3.00. The summed E-state index contributed by atoms with van der Waals surface area (Å²) in [7, 11) is -1.72. The third-order valence-electron chi connectivity index (χ3n) is 7.72. The number of hydrogen-bond acceptors (Lipinski definition) is 8. The van der Waals surface area contributed by atoms with Crippen LogP contribution in [0, 0.1) is 11.3 Å². The van der Waals surface area contributed by atoms with E-state index in [4.69, 9.17) is 9.15 Å². The maximum absolute atomic E-state index is 13.8. The van der Waals surface area contributed by atoms with Crippen LogP contribution in [0.3, 0.4) is 0 Å². The molecule has 2 aromatic rings. The van der Waals surface area contributed by atoms with Crippen molar-refractivity contribution >= 4 is 29.9 Å². The number of carbonyl (C=O) groups is 2. The molecule has 2 atom stereocenters. The van der Waals surface area contributed by atoms with Gasteiger partial charge in [-0.1, -0.05) is 24.3 Å². The second kappa shape index (κ2) is 12.6. The van der Waals surface area contributed by atoms with Crippen LogP contribution in [0.2, 0.25) is 6.32 Å². The molecule has 3 heterocycles. The highest BCUT2D eigenvalue weighted by Crippen LogP contribution is 2.33. The van der Waals surface area contributed by atoms with Crippen molar-refractivity contribution in [3.63, 3.8) is 0 Å². The minimum Gasteiger partial charge on any atom is -0.466 e. The summed E-state index contributed by atoms with van der Waals surface area (Å²) >= 11 is 0. The molecule has 1 aromatic heterocycles. The molecule has 3 N–H and O–H groups in total. The van der Waals surface area contributed by atoms with E-state index >= 15 is 0 Å². The number of rotatable bonds is 9. The largest absolute Gasteiger partial charge is 0.466 e. The van der Waals surface area contributed by atoms with Crippen LogP contribution in [0.25, 0.3) is 10.8 Å². The third-order valence-corrected chi connectivity index (χ3v) is 7.72. The SMILES string of the molecule is CC(C)(C=C(C#N)C(=O)N1CCCC[C@@H]1COC(=O)NC(CB(O)O)c1occ2ccccc12)N1CCC(F)(F)C1. The number of fused-ring (bicyclic) bond motifs is 1. The lowest BCUT2D eigenvalue weighted by molar-refractivity contribution is -0.131. The summed E-state index contributed by atoms with van der Waals surface area (Å²) in [6.07, 6.45) is 3.64. The molecule has 0 saturated carbocycles. The first-order valence-electron chi connectivity index (χ1n) is 13.7. The van der Waals surface area contributed by atoms with Crippen LogP contribution in [0.4, 0.5) is 13.6 Å². The van der Waals surface area contributed by atoms with Gasteiger partial charge >= 0.3 is 13.2 Å². The molecule has 2 fully saturated rings. The summed E-state index contributed by atoms with van der Waals surface area (Å²) in [6, 6.07) is 7.80. The molecule has 41 heavy (non-hydrogen) atoms. The van der Waals surface area contributed by atoms with Crippen molar-refractivity contribution in [2.45, 2.75) is 69.4 Å². The van der Waals surface area contributed by atoms with E-state index in [0.29, 0.717) is 30.5 Å². The van der Waals surface area contributed by atoms with Gasteiger partial charge < -0.3 is 29.4 Å². The lowest BCUT2D eigenvalue weighted by atomic mass is 9.80. The molecule has 4 rings (SSSR count). The second-order valence-electron chi connectivity index (χ2n) is 11.2. The van der Waals surface area contributed by atoms with Gasteiger partial charge in [0.05, 0.1) is 24.9 Å². The van der Waals surface area contributed by atoms with E-state index in [1.807, 2.05) is 18.2 Å². The fourth-order valence-electron chi connectivity index (χ4n) is 5.49. The molecule has 220 valence electrons. The summed E-state index contributed by atoms with van der Waals surface area (Å²) in [5.41, 5.74) is -1.09. The third kappa shape index (κ3) is 7.44. The monoisotopic (exact) mass is 572 g/mol. The zero-order chi connectivity index (χ0) is 29.8. The average molecular weight is 572 g/mol. The number of carbonyl (C=O) groups excluding carboxylic acids is 2. The van der Waals surface area contributed by atoms with Crippen molar-refractivity contribution in [2.75, 3.05) is 26.2 Å². The number of nitriles is 1. The molecule has 1 aromatic carbocycles. The molecule has 2 aliphatic heterocycles. The maximum Gasteiger partial charge on any atom is 0.454 e. The van der Waals surface area contributed by atoms with Crippen molar-refractivity contribution in [3.8, 4) is 6.07 Å². The number of alkyl carbamates (subject to hydrolysis) is 1. The number of likely N-dealkylation sites (tertiary alicyclic amines) is 2. The minimum atomic E-state index is -2.81. The quantitative estimate of drug-likeness (QED) is 0.235. The van der Waals surface area contributed by atoms with Gasteiger partial charge in [0.1, 0.15) is 24.0 Å². The van der Waals surface area contributed by atoms with E-state index in [1.165, 1.54) is 17.2 Å². The smallest absolute Gasteiger partial charge is 0.454 e. The minimum absolute atomic E-state index is 0.147. The summed E-state index contributed by atoms with van der Waals surface area (Å²) in [5, 5.41) is 33.1. The molecule has 13 heteroatoms. The number of piperidine rings is 1. The van der Waals surface area contributed by atoms with E-state index < -0.39 is 49.2 Å². The highest BCUT2D eigenvalue weighted by Gasteiger charge is 2.43. The number of benzene rings is 1. The first-order chi connectivity index (χ1) is 19.4. The summed E-state index contributed by atoms with van der Waals surface area (Å²) < 4.78 is 38.7. The molecule has 2 amide bonds. The van der Waals surface area contributed by atoms with E-state index in [-0.39, 0.29) is 31.5 Å². The summed E-state index contributed by atoms with van der Waals surface area (Å²) in [4.78, 5) is 29.3. The molecule has 10 nitrogen and oxygen atoms in total. The van der Waals surface area contributed by atoms with Crippen molar-refractivity contribution in [3.05, 3.63) is 47.9 Å². The number of nitrogens with zero attached hydrogens (tertiary/aromatic N) is 3.